The van der Waals surface area contributed by atoms with Crippen LogP contribution in [0.15, 0.2) is 16.6 Å². The molecular formula is C10H12BrF2N. The van der Waals surface area contributed by atoms with Crippen molar-refractivity contribution in [2.24, 2.45) is 5.73 Å². The Labute approximate surface area is 90.4 Å². The fourth-order valence-electron chi connectivity index (χ4n) is 1.19. The predicted octanol–water partition coefficient (Wildman–Crippen LogP) is 3.01. The molecular weight excluding hydrogens is 252 g/mol. The highest BCUT2D eigenvalue weighted by Crippen LogP contribution is 2.24. The van der Waals surface area contributed by atoms with E-state index in [1.165, 1.54) is 12.1 Å². The van der Waals surface area contributed by atoms with Crippen LogP contribution in [0.2, 0.25) is 0 Å². The van der Waals surface area contributed by atoms with Crippen LogP contribution in [0, 0.1) is 11.6 Å². The normalized spacial score (nSPS) is 11.9. The quantitative estimate of drug-likeness (QED) is 0.816. The number of halogens is 3. The summed E-state index contributed by atoms with van der Waals surface area (Å²) < 4.78 is 26.2. The van der Waals surface area contributed by atoms with E-state index in [1.54, 1.807) is 13.8 Å². The van der Waals surface area contributed by atoms with E-state index in [2.05, 4.69) is 15.9 Å². The Hall–Kier alpha value is -0.480. The molecule has 0 aliphatic carbocycles. The van der Waals surface area contributed by atoms with Crippen molar-refractivity contribution in [1.82, 2.24) is 0 Å². The van der Waals surface area contributed by atoms with Crippen molar-refractivity contribution in [3.8, 4) is 0 Å². The Morgan fingerprint density at radius 2 is 1.93 bits per heavy atom. The minimum atomic E-state index is -0.596. The molecule has 4 heteroatoms. The first kappa shape index (κ1) is 11.6. The molecule has 78 valence electrons. The van der Waals surface area contributed by atoms with Gasteiger partial charge in [-0.3, -0.25) is 0 Å². The third-order valence-electron chi connectivity index (χ3n) is 1.76. The molecule has 0 spiro atoms. The second kappa shape index (κ2) is 3.95. The number of hydrogen-bond donors (Lipinski definition) is 1. The Kier molecular flexibility index (Phi) is 3.27. The average molecular weight is 264 g/mol. The maximum absolute atomic E-state index is 13.5. The zero-order valence-corrected chi connectivity index (χ0v) is 9.66. The van der Waals surface area contributed by atoms with Crippen LogP contribution in [-0.4, -0.2) is 5.54 Å². The predicted molar refractivity (Wildman–Crippen MR) is 56.0 cm³/mol. The van der Waals surface area contributed by atoms with Gasteiger partial charge in [-0.1, -0.05) is 6.07 Å². The number of benzene rings is 1. The zero-order valence-electron chi connectivity index (χ0n) is 8.07. The fraction of sp³-hybridized carbons (Fsp3) is 0.400. The molecule has 1 nitrogen and oxygen atoms in total. The van der Waals surface area contributed by atoms with Gasteiger partial charge in [-0.05, 0) is 47.8 Å². The summed E-state index contributed by atoms with van der Waals surface area (Å²) in [5.41, 5.74) is 5.67. The van der Waals surface area contributed by atoms with Crippen molar-refractivity contribution >= 4 is 15.9 Å². The molecule has 0 aliphatic heterocycles. The highest BCUT2D eigenvalue weighted by atomic mass is 79.9. The van der Waals surface area contributed by atoms with Gasteiger partial charge in [0, 0.05) is 5.54 Å². The first-order valence-electron chi connectivity index (χ1n) is 4.22. The maximum Gasteiger partial charge on any atom is 0.143 e. The summed E-state index contributed by atoms with van der Waals surface area (Å²) in [6, 6.07) is 2.65. The summed E-state index contributed by atoms with van der Waals surface area (Å²) in [6.45, 7) is 3.59. The highest BCUT2D eigenvalue weighted by molar-refractivity contribution is 9.10. The Morgan fingerprint density at radius 1 is 1.36 bits per heavy atom. The Balaban J connectivity index is 3.06. The minimum absolute atomic E-state index is 0.126. The van der Waals surface area contributed by atoms with Crippen LogP contribution < -0.4 is 5.73 Å². The molecule has 0 fully saturated rings. The fourth-order valence-corrected chi connectivity index (χ4v) is 1.58. The highest BCUT2D eigenvalue weighted by Gasteiger charge is 2.17. The van der Waals surface area contributed by atoms with E-state index in [4.69, 9.17) is 5.73 Å². The lowest BCUT2D eigenvalue weighted by atomic mass is 9.96. The molecule has 2 N–H and O–H groups in total. The van der Waals surface area contributed by atoms with E-state index in [0.29, 0.717) is 12.0 Å². The molecule has 14 heavy (non-hydrogen) atoms. The molecule has 0 saturated heterocycles. The molecule has 0 bridgehead atoms. The molecule has 0 aromatic heterocycles. The summed E-state index contributed by atoms with van der Waals surface area (Å²) in [4.78, 5) is 0. The van der Waals surface area contributed by atoms with Gasteiger partial charge in [-0.25, -0.2) is 8.78 Å². The SMILES string of the molecule is CC(C)(N)Cc1ccc(F)c(Br)c1F. The van der Waals surface area contributed by atoms with Crippen LogP contribution in [0.3, 0.4) is 0 Å². The topological polar surface area (TPSA) is 26.0 Å². The molecule has 0 atom stereocenters. The van der Waals surface area contributed by atoms with Crippen molar-refractivity contribution in [2.75, 3.05) is 0 Å². The smallest absolute Gasteiger partial charge is 0.143 e. The van der Waals surface area contributed by atoms with Gasteiger partial charge < -0.3 is 5.73 Å². The molecule has 1 aromatic carbocycles. The summed E-state index contributed by atoms with van der Waals surface area (Å²) in [6.07, 6.45) is 0.373. The first-order valence-corrected chi connectivity index (χ1v) is 5.02. The Bertz CT molecular complexity index is 345. The van der Waals surface area contributed by atoms with E-state index < -0.39 is 17.2 Å². The largest absolute Gasteiger partial charge is 0.325 e. The van der Waals surface area contributed by atoms with Crippen molar-refractivity contribution in [3.63, 3.8) is 0 Å². The molecule has 0 aliphatic rings. The van der Waals surface area contributed by atoms with Crippen molar-refractivity contribution in [2.45, 2.75) is 25.8 Å². The molecule has 0 unspecified atom stereocenters. The van der Waals surface area contributed by atoms with E-state index in [0.717, 1.165) is 0 Å². The lowest BCUT2D eigenvalue weighted by Crippen LogP contribution is -2.34. The van der Waals surface area contributed by atoms with Gasteiger partial charge in [-0.15, -0.1) is 0 Å². The zero-order chi connectivity index (χ0) is 10.9. The maximum atomic E-state index is 13.5. The average Bonchev–Trinajstić information content (AvgIpc) is 2.04. The van der Waals surface area contributed by atoms with Gasteiger partial charge in [0.15, 0.2) is 0 Å². The van der Waals surface area contributed by atoms with Gasteiger partial charge in [0.2, 0.25) is 0 Å². The van der Waals surface area contributed by atoms with Gasteiger partial charge in [0.1, 0.15) is 11.6 Å². The van der Waals surface area contributed by atoms with Gasteiger partial charge in [0.05, 0.1) is 4.47 Å². The van der Waals surface area contributed by atoms with Crippen molar-refractivity contribution in [3.05, 3.63) is 33.8 Å². The number of rotatable bonds is 2. The molecule has 0 radical (unpaired) electrons. The van der Waals surface area contributed by atoms with Gasteiger partial charge in [-0.2, -0.15) is 0 Å². The molecule has 1 rings (SSSR count). The van der Waals surface area contributed by atoms with Crippen LogP contribution in [0.25, 0.3) is 0 Å². The molecule has 0 heterocycles. The first-order chi connectivity index (χ1) is 6.31. The second-order valence-electron chi connectivity index (χ2n) is 4.00. The second-order valence-corrected chi connectivity index (χ2v) is 4.79. The van der Waals surface area contributed by atoms with Crippen molar-refractivity contribution < 1.29 is 8.78 Å². The number of hydrogen-bond acceptors (Lipinski definition) is 1. The van der Waals surface area contributed by atoms with Crippen molar-refractivity contribution in [1.29, 1.82) is 0 Å². The number of nitrogens with two attached hydrogens (primary N) is 1. The standard InChI is InChI=1S/C10H12BrF2N/c1-10(2,14)5-6-3-4-7(12)8(11)9(6)13/h3-4H,5,14H2,1-2H3. The van der Waals surface area contributed by atoms with Crippen LogP contribution in [0.1, 0.15) is 19.4 Å². The summed E-state index contributed by atoms with van der Waals surface area (Å²) in [7, 11) is 0. The van der Waals surface area contributed by atoms with Gasteiger partial charge >= 0.3 is 0 Å². The summed E-state index contributed by atoms with van der Waals surface area (Å²) in [5.74, 6) is -1.16. The molecule has 0 saturated carbocycles. The van der Waals surface area contributed by atoms with E-state index in [1.807, 2.05) is 0 Å². The van der Waals surface area contributed by atoms with E-state index >= 15 is 0 Å². The van der Waals surface area contributed by atoms with Crippen LogP contribution in [0.5, 0.6) is 0 Å². The van der Waals surface area contributed by atoms with E-state index in [9.17, 15) is 8.78 Å². The van der Waals surface area contributed by atoms with Gasteiger partial charge in [0.25, 0.3) is 0 Å². The third kappa shape index (κ3) is 2.75. The molecule has 0 amide bonds. The van der Waals surface area contributed by atoms with E-state index in [-0.39, 0.29) is 4.47 Å². The molecule has 1 aromatic rings. The van der Waals surface area contributed by atoms with Crippen LogP contribution in [0.4, 0.5) is 8.78 Å². The lowest BCUT2D eigenvalue weighted by Gasteiger charge is -2.19. The van der Waals surface area contributed by atoms with Crippen LogP contribution >= 0.6 is 15.9 Å². The lowest BCUT2D eigenvalue weighted by molar-refractivity contribution is 0.490. The monoisotopic (exact) mass is 263 g/mol. The summed E-state index contributed by atoms with van der Waals surface area (Å²) in [5, 5.41) is 0. The van der Waals surface area contributed by atoms with Crippen LogP contribution in [-0.2, 0) is 6.42 Å². The summed E-state index contributed by atoms with van der Waals surface area (Å²) >= 11 is 2.85. The minimum Gasteiger partial charge on any atom is -0.325 e. The Morgan fingerprint density at radius 3 is 2.43 bits per heavy atom. The third-order valence-corrected chi connectivity index (χ3v) is 2.49.